The van der Waals surface area contributed by atoms with Crippen molar-refractivity contribution < 1.29 is 9.34 Å². The van der Waals surface area contributed by atoms with Gasteiger partial charge in [-0.05, 0) is 37.8 Å². The highest BCUT2D eigenvalue weighted by Gasteiger charge is 2.31. The third-order valence-corrected chi connectivity index (χ3v) is 5.19. The van der Waals surface area contributed by atoms with Crippen molar-refractivity contribution in [1.82, 2.24) is 9.97 Å². The molecular formula is C21H22N4O3. The summed E-state index contributed by atoms with van der Waals surface area (Å²) in [5.41, 5.74) is 1.49. The molecule has 3 aromatic rings. The maximum atomic E-state index is 11.1. The van der Waals surface area contributed by atoms with Gasteiger partial charge in [-0.2, -0.15) is 0 Å². The molecule has 1 aromatic carbocycles. The first-order valence-corrected chi connectivity index (χ1v) is 9.42. The van der Waals surface area contributed by atoms with Gasteiger partial charge in [0.2, 0.25) is 0 Å². The Labute approximate surface area is 163 Å². The van der Waals surface area contributed by atoms with E-state index in [1.54, 1.807) is 18.4 Å². The fourth-order valence-corrected chi connectivity index (χ4v) is 3.75. The van der Waals surface area contributed by atoms with E-state index in [0.29, 0.717) is 17.3 Å². The van der Waals surface area contributed by atoms with Gasteiger partial charge in [0.15, 0.2) is 5.82 Å². The molecule has 0 radical (unpaired) electrons. The monoisotopic (exact) mass is 378 g/mol. The fourth-order valence-electron chi connectivity index (χ4n) is 3.75. The van der Waals surface area contributed by atoms with E-state index in [9.17, 15) is 10.1 Å². The third kappa shape index (κ3) is 3.60. The van der Waals surface area contributed by atoms with Gasteiger partial charge >= 0.3 is 0 Å². The molecule has 1 aliphatic rings. The van der Waals surface area contributed by atoms with Crippen LogP contribution in [0.1, 0.15) is 37.3 Å². The van der Waals surface area contributed by atoms with Gasteiger partial charge in [0.1, 0.15) is 11.6 Å². The van der Waals surface area contributed by atoms with Crippen LogP contribution in [0.25, 0.3) is 11.4 Å². The predicted octanol–water partition coefficient (Wildman–Crippen LogP) is 4.93. The van der Waals surface area contributed by atoms with E-state index in [1.165, 1.54) is 12.1 Å². The van der Waals surface area contributed by atoms with Gasteiger partial charge in [0.25, 0.3) is 5.69 Å². The largest absolute Gasteiger partial charge is 0.467 e. The number of benzene rings is 1. The van der Waals surface area contributed by atoms with Crippen molar-refractivity contribution in [3.05, 3.63) is 70.3 Å². The van der Waals surface area contributed by atoms with Crippen molar-refractivity contribution in [2.45, 2.75) is 32.7 Å². The van der Waals surface area contributed by atoms with Crippen molar-refractivity contribution in [3.8, 4) is 11.4 Å². The van der Waals surface area contributed by atoms with Crippen molar-refractivity contribution in [2.24, 2.45) is 5.92 Å². The number of non-ortho nitro benzene ring substituents is 1. The minimum atomic E-state index is -0.404. The maximum absolute atomic E-state index is 11.1. The lowest BCUT2D eigenvalue weighted by Gasteiger charge is -2.38. The molecule has 0 spiro atoms. The molecule has 144 valence electrons. The number of rotatable bonds is 4. The lowest BCUT2D eigenvalue weighted by molar-refractivity contribution is -0.384. The van der Waals surface area contributed by atoms with Crippen LogP contribution in [-0.2, 0) is 0 Å². The van der Waals surface area contributed by atoms with E-state index < -0.39 is 4.92 Å². The number of nitrogens with zero attached hydrogens (tertiary/aromatic N) is 4. The minimum Gasteiger partial charge on any atom is -0.467 e. The van der Waals surface area contributed by atoms with Gasteiger partial charge in [-0.1, -0.05) is 19.1 Å². The third-order valence-electron chi connectivity index (χ3n) is 5.19. The van der Waals surface area contributed by atoms with Gasteiger partial charge in [0.05, 0.1) is 17.2 Å². The molecule has 0 bridgehead atoms. The second-order valence-corrected chi connectivity index (χ2v) is 7.35. The number of aryl methyl sites for hydroxylation is 1. The zero-order valence-corrected chi connectivity index (χ0v) is 15.9. The van der Waals surface area contributed by atoms with E-state index in [2.05, 4.69) is 16.8 Å². The van der Waals surface area contributed by atoms with E-state index >= 15 is 0 Å². The van der Waals surface area contributed by atoms with E-state index in [1.807, 2.05) is 25.1 Å². The van der Waals surface area contributed by atoms with Crippen LogP contribution in [0.5, 0.6) is 0 Å². The van der Waals surface area contributed by atoms with Crippen LogP contribution >= 0.6 is 0 Å². The minimum absolute atomic E-state index is 0.0319. The Morgan fingerprint density at radius 1 is 1.21 bits per heavy atom. The number of furan rings is 1. The molecule has 0 aliphatic carbocycles. The van der Waals surface area contributed by atoms with E-state index in [4.69, 9.17) is 9.40 Å². The maximum Gasteiger partial charge on any atom is 0.270 e. The smallest absolute Gasteiger partial charge is 0.270 e. The Balaban J connectivity index is 1.74. The second kappa shape index (κ2) is 7.42. The van der Waals surface area contributed by atoms with E-state index in [-0.39, 0.29) is 11.7 Å². The van der Waals surface area contributed by atoms with Crippen molar-refractivity contribution in [3.63, 3.8) is 0 Å². The van der Waals surface area contributed by atoms with Crippen LogP contribution in [-0.4, -0.2) is 21.4 Å². The molecular weight excluding hydrogens is 356 g/mol. The molecule has 28 heavy (non-hydrogen) atoms. The number of hydrogen-bond donors (Lipinski definition) is 0. The first-order valence-electron chi connectivity index (χ1n) is 9.42. The summed E-state index contributed by atoms with van der Waals surface area (Å²) in [5.74, 6) is 2.85. The lowest BCUT2D eigenvalue weighted by atomic mass is 9.91. The van der Waals surface area contributed by atoms with Crippen LogP contribution < -0.4 is 4.90 Å². The molecule has 2 atom stereocenters. The fraction of sp³-hybridized carbons (Fsp3) is 0.333. The van der Waals surface area contributed by atoms with Gasteiger partial charge in [0, 0.05) is 36.0 Å². The first-order chi connectivity index (χ1) is 13.5. The number of aromatic nitrogens is 2. The van der Waals surface area contributed by atoms with Gasteiger partial charge in [-0.15, -0.1) is 0 Å². The first kappa shape index (κ1) is 18.2. The molecule has 7 heteroatoms. The summed E-state index contributed by atoms with van der Waals surface area (Å²) in [7, 11) is 0. The molecule has 1 saturated heterocycles. The summed E-state index contributed by atoms with van der Waals surface area (Å²) in [6, 6.07) is 12.4. The topological polar surface area (TPSA) is 85.3 Å². The summed E-state index contributed by atoms with van der Waals surface area (Å²) in [4.78, 5) is 22.3. The molecule has 1 fully saturated rings. The van der Waals surface area contributed by atoms with Gasteiger partial charge in [-0.3, -0.25) is 10.1 Å². The predicted molar refractivity (Wildman–Crippen MR) is 106 cm³/mol. The molecule has 0 amide bonds. The summed E-state index contributed by atoms with van der Waals surface area (Å²) < 4.78 is 5.70. The Hall–Kier alpha value is -3.22. The average Bonchev–Trinajstić information content (AvgIpc) is 3.22. The van der Waals surface area contributed by atoms with Gasteiger partial charge in [-0.25, -0.2) is 9.97 Å². The molecule has 2 aromatic heterocycles. The molecule has 0 saturated carbocycles. The lowest BCUT2D eigenvalue weighted by Crippen LogP contribution is -2.36. The number of anilines is 1. The number of piperidine rings is 1. The van der Waals surface area contributed by atoms with Crippen molar-refractivity contribution >= 4 is 11.5 Å². The summed E-state index contributed by atoms with van der Waals surface area (Å²) >= 11 is 0. The zero-order valence-electron chi connectivity index (χ0n) is 15.9. The Morgan fingerprint density at radius 2 is 2.07 bits per heavy atom. The normalized spacial score (nSPS) is 19.6. The van der Waals surface area contributed by atoms with Gasteiger partial charge < -0.3 is 9.32 Å². The molecule has 7 nitrogen and oxygen atoms in total. The summed E-state index contributed by atoms with van der Waals surface area (Å²) in [6.07, 6.45) is 3.77. The Kier molecular flexibility index (Phi) is 4.81. The Morgan fingerprint density at radius 3 is 2.82 bits per heavy atom. The van der Waals surface area contributed by atoms with Crippen LogP contribution in [0.4, 0.5) is 11.5 Å². The molecule has 4 rings (SSSR count). The highest BCUT2D eigenvalue weighted by molar-refractivity contribution is 5.61. The summed E-state index contributed by atoms with van der Waals surface area (Å²) in [5, 5.41) is 11.1. The highest BCUT2D eigenvalue weighted by atomic mass is 16.6. The van der Waals surface area contributed by atoms with Crippen molar-refractivity contribution in [1.29, 1.82) is 0 Å². The number of nitro groups is 1. The molecule has 3 heterocycles. The Bertz CT molecular complexity index is 987. The van der Waals surface area contributed by atoms with Crippen LogP contribution in [0.2, 0.25) is 0 Å². The molecule has 0 N–H and O–H groups in total. The highest BCUT2D eigenvalue weighted by Crippen LogP contribution is 2.37. The van der Waals surface area contributed by atoms with E-state index in [0.717, 1.165) is 36.7 Å². The van der Waals surface area contributed by atoms with Crippen LogP contribution in [0.15, 0.2) is 53.1 Å². The molecule has 1 aliphatic heterocycles. The number of nitro benzene ring substituents is 1. The van der Waals surface area contributed by atoms with Crippen LogP contribution in [0.3, 0.4) is 0 Å². The zero-order chi connectivity index (χ0) is 19.7. The van der Waals surface area contributed by atoms with Crippen LogP contribution in [0, 0.1) is 23.0 Å². The SMILES string of the molecule is Cc1cc(N2CC[C@H](C)C[C@H]2c2ccco2)nc(-c2cccc([N+](=O)[O-])c2)n1. The number of hydrogen-bond acceptors (Lipinski definition) is 6. The average molecular weight is 378 g/mol. The summed E-state index contributed by atoms with van der Waals surface area (Å²) in [6.45, 7) is 5.05. The standard InChI is InChI=1S/C21H22N4O3/c1-14-8-9-24(18(11-14)19-7-4-10-28-19)20-12-15(2)22-21(23-20)16-5-3-6-17(13-16)25(26)27/h3-7,10,12-14,18H,8-9,11H2,1-2H3/t14-,18-/m0/s1. The second-order valence-electron chi connectivity index (χ2n) is 7.35. The van der Waals surface area contributed by atoms with Crippen molar-refractivity contribution in [2.75, 3.05) is 11.4 Å². The molecule has 0 unspecified atom stereocenters. The quantitative estimate of drug-likeness (QED) is 0.473.